The highest BCUT2D eigenvalue weighted by Gasteiger charge is 2.30. The highest BCUT2D eigenvalue weighted by molar-refractivity contribution is 5.28. The molecule has 152 valence electrons. The van der Waals surface area contributed by atoms with Gasteiger partial charge in [-0.05, 0) is 73.3 Å². The molecule has 0 bridgehead atoms. The van der Waals surface area contributed by atoms with Crippen molar-refractivity contribution in [1.82, 2.24) is 0 Å². The van der Waals surface area contributed by atoms with Crippen LogP contribution in [0.25, 0.3) is 0 Å². The van der Waals surface area contributed by atoms with Gasteiger partial charge in [0.25, 0.3) is 0 Å². The monoisotopic (exact) mass is 382 g/mol. The fraction of sp³-hybridized carbons (Fsp3) is 0.520. The Balaban J connectivity index is 1.53. The molecular formula is C25H34O3. The second-order valence-corrected chi connectivity index (χ2v) is 8.07. The molecule has 2 aromatic carbocycles. The van der Waals surface area contributed by atoms with E-state index in [2.05, 4.69) is 62.4 Å². The summed E-state index contributed by atoms with van der Waals surface area (Å²) in [6.07, 6.45) is 8.51. The summed E-state index contributed by atoms with van der Waals surface area (Å²) in [7, 11) is 0. The van der Waals surface area contributed by atoms with E-state index in [0.29, 0.717) is 5.92 Å². The van der Waals surface area contributed by atoms with Gasteiger partial charge in [0.15, 0.2) is 0 Å². The second-order valence-electron chi connectivity index (χ2n) is 8.07. The first-order valence-corrected chi connectivity index (χ1v) is 10.9. The molecular weight excluding hydrogens is 348 g/mol. The molecule has 0 saturated heterocycles. The molecule has 0 spiro atoms. The Morgan fingerprint density at radius 2 is 1.36 bits per heavy atom. The van der Waals surface area contributed by atoms with Crippen LogP contribution in [0, 0.1) is 5.92 Å². The molecule has 3 heteroatoms. The lowest BCUT2D eigenvalue weighted by Gasteiger charge is -2.32. The van der Waals surface area contributed by atoms with Crippen LogP contribution in [0.5, 0.6) is 5.75 Å². The molecule has 0 heterocycles. The van der Waals surface area contributed by atoms with E-state index >= 15 is 0 Å². The minimum atomic E-state index is -0.245. The Morgan fingerprint density at radius 3 is 1.86 bits per heavy atom. The Hall–Kier alpha value is -1.84. The van der Waals surface area contributed by atoms with Gasteiger partial charge >= 0.3 is 0 Å². The zero-order valence-corrected chi connectivity index (χ0v) is 17.3. The molecule has 0 aromatic heterocycles. The Kier molecular flexibility index (Phi) is 7.93. The van der Waals surface area contributed by atoms with Crippen LogP contribution in [0.4, 0.5) is 0 Å². The van der Waals surface area contributed by atoms with Crippen molar-refractivity contribution in [3.63, 3.8) is 0 Å². The molecule has 1 aliphatic carbocycles. The first-order chi connectivity index (χ1) is 13.7. The molecule has 2 aromatic rings. The van der Waals surface area contributed by atoms with Gasteiger partial charge in [-0.2, -0.15) is 0 Å². The molecule has 28 heavy (non-hydrogen) atoms. The minimum absolute atomic E-state index is 0.245. The summed E-state index contributed by atoms with van der Waals surface area (Å²) in [4.78, 5) is 4.92. The lowest BCUT2D eigenvalue weighted by atomic mass is 9.81. The molecule has 1 atom stereocenters. The van der Waals surface area contributed by atoms with E-state index in [1.54, 1.807) is 0 Å². The van der Waals surface area contributed by atoms with Crippen molar-refractivity contribution in [2.75, 3.05) is 0 Å². The smallest absolute Gasteiger partial charge is 0.120 e. The summed E-state index contributed by atoms with van der Waals surface area (Å²) in [6.45, 7) is 4.39. The van der Waals surface area contributed by atoms with Crippen molar-refractivity contribution in [2.45, 2.75) is 77.4 Å². The Morgan fingerprint density at radius 1 is 0.821 bits per heavy atom. The summed E-state index contributed by atoms with van der Waals surface area (Å²) in [6, 6.07) is 17.0. The van der Waals surface area contributed by atoms with Crippen molar-refractivity contribution < 1.29 is 14.9 Å². The summed E-state index contributed by atoms with van der Waals surface area (Å²) < 4.78 is 6.20. The van der Waals surface area contributed by atoms with Crippen LogP contribution >= 0.6 is 0 Å². The maximum atomic E-state index is 9.54. The van der Waals surface area contributed by atoms with Gasteiger partial charge in [0.05, 0.1) is 6.10 Å². The van der Waals surface area contributed by atoms with Crippen LogP contribution < -0.4 is 4.74 Å². The number of benzene rings is 2. The normalized spacial score (nSPS) is 20.7. The van der Waals surface area contributed by atoms with Gasteiger partial charge in [-0.1, -0.05) is 63.1 Å². The van der Waals surface area contributed by atoms with Gasteiger partial charge in [-0.3, -0.25) is 5.26 Å². The molecule has 3 nitrogen and oxygen atoms in total. The molecule has 1 N–H and O–H groups in total. The van der Waals surface area contributed by atoms with Crippen LogP contribution in [0.1, 0.15) is 75.2 Å². The van der Waals surface area contributed by atoms with E-state index in [0.717, 1.165) is 56.3 Å². The van der Waals surface area contributed by atoms with E-state index in [9.17, 15) is 5.26 Å². The topological polar surface area (TPSA) is 38.7 Å². The predicted octanol–water partition coefficient (Wildman–Crippen LogP) is 6.76. The molecule has 0 radical (unpaired) electrons. The van der Waals surface area contributed by atoms with Gasteiger partial charge in [0.1, 0.15) is 11.9 Å². The summed E-state index contributed by atoms with van der Waals surface area (Å²) in [5.41, 5.74) is 3.77. The summed E-state index contributed by atoms with van der Waals surface area (Å²) in [5, 5.41) is 9.54. The highest BCUT2D eigenvalue weighted by Crippen LogP contribution is 2.37. The van der Waals surface area contributed by atoms with Gasteiger partial charge in [-0.25, -0.2) is 4.89 Å². The van der Waals surface area contributed by atoms with Crippen molar-refractivity contribution >= 4 is 0 Å². The number of ether oxygens (including phenoxy) is 1. The van der Waals surface area contributed by atoms with Crippen molar-refractivity contribution in [2.24, 2.45) is 5.92 Å². The molecule has 0 amide bonds. The van der Waals surface area contributed by atoms with Crippen LogP contribution in [-0.2, 0) is 17.7 Å². The number of hydrogen-bond donors (Lipinski definition) is 1. The molecule has 1 aliphatic rings. The van der Waals surface area contributed by atoms with Crippen molar-refractivity contribution in [3.8, 4) is 5.75 Å². The number of aryl methyl sites for hydroxylation is 2. The van der Waals surface area contributed by atoms with Gasteiger partial charge in [0.2, 0.25) is 0 Å². The van der Waals surface area contributed by atoms with E-state index in [4.69, 9.17) is 9.62 Å². The van der Waals surface area contributed by atoms with Gasteiger partial charge in [0, 0.05) is 0 Å². The average molecular weight is 383 g/mol. The minimum Gasteiger partial charge on any atom is -0.490 e. The van der Waals surface area contributed by atoms with Gasteiger partial charge in [-0.15, -0.1) is 0 Å². The molecule has 0 aliphatic heterocycles. The maximum absolute atomic E-state index is 9.54. The summed E-state index contributed by atoms with van der Waals surface area (Å²) in [5.74, 6) is 1.29. The fourth-order valence-corrected chi connectivity index (χ4v) is 4.31. The second kappa shape index (κ2) is 10.6. The van der Waals surface area contributed by atoms with Crippen LogP contribution in [-0.4, -0.2) is 11.4 Å². The highest BCUT2D eigenvalue weighted by atomic mass is 17.1. The lowest BCUT2D eigenvalue weighted by molar-refractivity contribution is -0.296. The van der Waals surface area contributed by atoms with E-state index < -0.39 is 0 Å². The maximum Gasteiger partial charge on any atom is 0.120 e. The average Bonchev–Trinajstić information content (AvgIpc) is 2.73. The zero-order valence-electron chi connectivity index (χ0n) is 17.3. The Labute approximate surface area is 169 Å². The summed E-state index contributed by atoms with van der Waals surface area (Å²) >= 11 is 0. The number of rotatable bonds is 9. The third-order valence-electron chi connectivity index (χ3n) is 5.87. The first-order valence-electron chi connectivity index (χ1n) is 10.9. The third kappa shape index (κ3) is 5.59. The van der Waals surface area contributed by atoms with Crippen molar-refractivity contribution in [1.29, 1.82) is 0 Å². The van der Waals surface area contributed by atoms with Crippen LogP contribution in [0.15, 0.2) is 48.5 Å². The molecule has 1 unspecified atom stereocenters. The first kappa shape index (κ1) is 20.9. The largest absolute Gasteiger partial charge is 0.490 e. The number of hydrogen-bond acceptors (Lipinski definition) is 3. The van der Waals surface area contributed by atoms with E-state index in [1.807, 2.05) is 0 Å². The molecule has 1 fully saturated rings. The van der Waals surface area contributed by atoms with Crippen molar-refractivity contribution in [3.05, 3.63) is 65.2 Å². The van der Waals surface area contributed by atoms with Crippen LogP contribution in [0.2, 0.25) is 0 Å². The van der Waals surface area contributed by atoms with Gasteiger partial charge < -0.3 is 4.74 Å². The Bertz CT molecular complexity index is 685. The molecule has 1 saturated carbocycles. The fourth-order valence-electron chi connectivity index (χ4n) is 4.31. The SMILES string of the molecule is CCCc1ccc(OC2CCC(C(OO)c3ccc(CCC)cc3)CC2)cc1. The quantitative estimate of drug-likeness (QED) is 0.384. The third-order valence-corrected chi connectivity index (χ3v) is 5.87. The van der Waals surface area contributed by atoms with Crippen LogP contribution in [0.3, 0.4) is 0 Å². The predicted molar refractivity (Wildman–Crippen MR) is 114 cm³/mol. The standard InChI is InChI=1S/C25H34O3/c1-3-5-19-7-11-21(12-8-19)25(28-26)22-13-17-24(18-14-22)27-23-15-9-20(6-4-2)10-16-23/h7-12,15-16,22,24-26H,3-6,13-14,17-18H2,1-2H3. The van der Waals surface area contributed by atoms with E-state index in [1.165, 1.54) is 17.5 Å². The molecule has 3 rings (SSSR count). The lowest BCUT2D eigenvalue weighted by Crippen LogP contribution is -2.27. The van der Waals surface area contributed by atoms with E-state index in [-0.39, 0.29) is 12.2 Å². The zero-order chi connectivity index (χ0) is 19.8.